The zero-order valence-electron chi connectivity index (χ0n) is 47.0. The van der Waals surface area contributed by atoms with Gasteiger partial charge in [0.05, 0.1) is 0 Å². The molecule has 1 aromatic rings. The van der Waals surface area contributed by atoms with Crippen LogP contribution in [0.1, 0.15) is 128 Å². The summed E-state index contributed by atoms with van der Waals surface area (Å²) in [7, 11) is 0. The number of unbranched alkanes of at least 4 members (excludes halogenated alkanes) is 1. The van der Waals surface area contributed by atoms with Crippen LogP contribution >= 0.6 is 11.8 Å². The molecule has 0 aromatic heterocycles. The van der Waals surface area contributed by atoms with Crippen molar-refractivity contribution in [1.29, 1.82) is 0 Å². The summed E-state index contributed by atoms with van der Waals surface area (Å²) >= 11 is 1.04. The number of amides is 8. The first-order valence-corrected chi connectivity index (χ1v) is 29.6. The van der Waals surface area contributed by atoms with Crippen molar-refractivity contribution in [3.8, 4) is 0 Å². The summed E-state index contributed by atoms with van der Waals surface area (Å²) in [5.74, 6) is -7.57. The first-order chi connectivity index (χ1) is 36.0. The van der Waals surface area contributed by atoms with Gasteiger partial charge in [-0.3, -0.25) is 14.6 Å². The third-order valence-corrected chi connectivity index (χ3v) is 16.1. The molecule has 0 radical (unpaired) electrons. The smallest absolute Gasteiger partial charge is 0.480 e. The van der Waals surface area contributed by atoms with E-state index in [4.69, 9.17) is 22.9 Å². The maximum absolute atomic E-state index is 14.3. The molecule has 0 aliphatic heterocycles. The van der Waals surface area contributed by atoms with Crippen LogP contribution in [0.2, 0.25) is 5.32 Å². The number of carboxylic acid groups (broad SMARTS) is 1. The molecule has 0 aliphatic rings. The first kappa shape index (κ1) is 69.5. The van der Waals surface area contributed by atoms with Gasteiger partial charge in [-0.1, -0.05) is 34.6 Å². The SMILES string of the molecule is CC[C@H](C)[C@H](NC(=O)[C@H](C[Se]c1ccccc1)NC(=O)[C@H](C)NC(=O)[C@@H](NC(=O)[C@@H](N)CCCN=C(N)N)[C@@H](C)CC)C(=O)N[C@@H](C)C(=O)N[C@@H](CC(C)C)C(=O)N[C@@H](CSC(C)(C)C)C(=O)N[C@@H](CCCCN)C(=O)O. The topological polar surface area (TPSA) is 387 Å². The van der Waals surface area contributed by atoms with E-state index in [2.05, 4.69) is 47.5 Å². The Balaban J connectivity index is 3.34. The van der Waals surface area contributed by atoms with Gasteiger partial charge in [-0.05, 0) is 38.1 Å². The number of aliphatic carboxylic acids is 1. The number of hydrogen-bond donors (Lipinski definition) is 13. The number of thioether (sulfide) groups is 1. The number of benzene rings is 1. The van der Waals surface area contributed by atoms with Gasteiger partial charge in [0, 0.05) is 17.0 Å². The van der Waals surface area contributed by atoms with Gasteiger partial charge in [0.15, 0.2) is 5.96 Å². The molecular formula is C52H91N13O10SSe. The average Bonchev–Trinajstić information content (AvgIpc) is 3.36. The molecule has 8 amide bonds. The van der Waals surface area contributed by atoms with Gasteiger partial charge in [-0.15, -0.1) is 0 Å². The van der Waals surface area contributed by atoms with E-state index in [-0.39, 0.29) is 74.4 Å². The van der Waals surface area contributed by atoms with Crippen LogP contribution in [-0.2, 0) is 43.2 Å². The molecule has 436 valence electrons. The van der Waals surface area contributed by atoms with Crippen LogP contribution in [0.25, 0.3) is 0 Å². The number of carboxylic acids is 1. The molecule has 0 spiro atoms. The number of hydrogen-bond acceptors (Lipinski definition) is 13. The minimum absolute atomic E-state index is 0.0855. The monoisotopic (exact) mass is 1170 g/mol. The Morgan fingerprint density at radius 2 is 1.09 bits per heavy atom. The summed E-state index contributed by atoms with van der Waals surface area (Å²) in [5.41, 5.74) is 22.4. The quantitative estimate of drug-likeness (QED) is 0.0176. The minimum Gasteiger partial charge on any atom is -0.480 e. The van der Waals surface area contributed by atoms with Gasteiger partial charge in [-0.2, -0.15) is 11.8 Å². The predicted octanol–water partition coefficient (Wildman–Crippen LogP) is -0.383. The fourth-order valence-corrected chi connectivity index (χ4v) is 10.2. The molecule has 1 rings (SSSR count). The first-order valence-electron chi connectivity index (χ1n) is 26.5. The van der Waals surface area contributed by atoms with Crippen molar-refractivity contribution in [2.45, 2.75) is 192 Å². The Morgan fingerprint density at radius 3 is 1.57 bits per heavy atom. The van der Waals surface area contributed by atoms with Gasteiger partial charge >= 0.3 is 290 Å². The third-order valence-electron chi connectivity index (χ3n) is 12.4. The van der Waals surface area contributed by atoms with Gasteiger partial charge < -0.3 is 32.9 Å². The summed E-state index contributed by atoms with van der Waals surface area (Å²) in [6, 6.07) is -1.00. The minimum atomic E-state index is -1.23. The van der Waals surface area contributed by atoms with Crippen molar-refractivity contribution in [2.24, 2.45) is 45.7 Å². The van der Waals surface area contributed by atoms with E-state index in [0.29, 0.717) is 38.6 Å². The zero-order chi connectivity index (χ0) is 58.6. The molecule has 17 N–H and O–H groups in total. The summed E-state index contributed by atoms with van der Waals surface area (Å²) in [4.78, 5) is 126. The molecule has 0 saturated carbocycles. The summed E-state index contributed by atoms with van der Waals surface area (Å²) in [6.07, 6.45) is 2.91. The van der Waals surface area contributed by atoms with Crippen molar-refractivity contribution in [2.75, 3.05) is 18.8 Å². The van der Waals surface area contributed by atoms with Crippen molar-refractivity contribution in [1.82, 2.24) is 42.5 Å². The second-order valence-electron chi connectivity index (χ2n) is 20.8. The standard InChI is InChI=1S/C52H91N13O10SSe/c1-12-30(5)40(64-44(68)35(54)22-19-25-57-51(55)56)48(72)59-33(8)43(67)63-39(28-77-34-20-15-14-16-21-34)47(71)65-41(31(6)13-2)49(73)58-32(7)42(66)61-37(26-29(3)4)45(69)62-38(27-76-52(9,10)11)46(70)60-36(50(74)75)23-17-18-24-53/h14-16,20-21,29-33,35-41H,12-13,17-19,22-28,53-54H2,1-11H3,(H,58,73)(H,59,72)(H,60,70)(H,61,66)(H,62,69)(H,63,67)(H,64,68)(H,65,71)(H,74,75)(H4,55,56,57)/t30-,31-,32-,33-,35-,36-,37-,38-,39-,40-,41-/m0/s1. The fourth-order valence-electron chi connectivity index (χ4n) is 7.29. The van der Waals surface area contributed by atoms with Crippen LogP contribution in [0.5, 0.6) is 0 Å². The molecule has 0 bridgehead atoms. The van der Waals surface area contributed by atoms with Gasteiger partial charge in [0.1, 0.15) is 12.1 Å². The van der Waals surface area contributed by atoms with E-state index in [9.17, 15) is 48.3 Å². The second-order valence-corrected chi connectivity index (χ2v) is 24.9. The van der Waals surface area contributed by atoms with E-state index < -0.39 is 114 Å². The number of carbonyl (C=O) groups excluding carboxylic acids is 8. The van der Waals surface area contributed by atoms with Crippen LogP contribution in [-0.4, -0.2) is 157 Å². The summed E-state index contributed by atoms with van der Waals surface area (Å²) in [6.45, 7) is 20.1. The van der Waals surface area contributed by atoms with Crippen LogP contribution in [0.3, 0.4) is 0 Å². The van der Waals surface area contributed by atoms with Crippen molar-refractivity contribution >= 4 is 90.4 Å². The molecule has 0 heterocycles. The van der Waals surface area contributed by atoms with E-state index in [0.717, 1.165) is 4.46 Å². The molecule has 25 heteroatoms. The Morgan fingerprint density at radius 1 is 0.610 bits per heavy atom. The molecular weight excluding hydrogens is 1080 g/mol. The number of nitrogens with zero attached hydrogens (tertiary/aromatic N) is 1. The summed E-state index contributed by atoms with van der Waals surface area (Å²) in [5, 5.41) is 31.6. The fraction of sp³-hybridized carbons (Fsp3) is 0.692. The molecule has 77 heavy (non-hydrogen) atoms. The maximum atomic E-state index is 14.3. The Hall–Kier alpha value is -5.49. The normalized spacial score (nSPS) is 15.7. The molecule has 1 aromatic carbocycles. The molecule has 0 unspecified atom stereocenters. The van der Waals surface area contributed by atoms with E-state index in [1.807, 2.05) is 78.8 Å². The van der Waals surface area contributed by atoms with Crippen LogP contribution in [0.15, 0.2) is 35.3 Å². The van der Waals surface area contributed by atoms with Crippen LogP contribution in [0, 0.1) is 17.8 Å². The Bertz CT molecular complexity index is 2100. The predicted molar refractivity (Wildman–Crippen MR) is 302 cm³/mol. The van der Waals surface area contributed by atoms with Crippen molar-refractivity contribution in [3.63, 3.8) is 0 Å². The molecule has 23 nitrogen and oxygen atoms in total. The van der Waals surface area contributed by atoms with Gasteiger partial charge in [-0.25, -0.2) is 4.79 Å². The average molecular weight is 1170 g/mol. The van der Waals surface area contributed by atoms with E-state index in [1.54, 1.807) is 13.8 Å². The molecule has 0 fully saturated rings. The zero-order valence-corrected chi connectivity index (χ0v) is 49.5. The summed E-state index contributed by atoms with van der Waals surface area (Å²) < 4.78 is 0.603. The van der Waals surface area contributed by atoms with Crippen LogP contribution in [0.4, 0.5) is 0 Å². The van der Waals surface area contributed by atoms with Crippen molar-refractivity contribution < 1.29 is 48.3 Å². The van der Waals surface area contributed by atoms with Crippen molar-refractivity contribution in [3.05, 3.63) is 30.3 Å². The number of carbonyl (C=O) groups is 9. The number of nitrogens with two attached hydrogens (primary N) is 4. The van der Waals surface area contributed by atoms with Gasteiger partial charge in [0.25, 0.3) is 0 Å². The van der Waals surface area contributed by atoms with E-state index in [1.165, 1.54) is 25.6 Å². The molecule has 0 aliphatic carbocycles. The Kier molecular flexibility index (Phi) is 32.4. The third kappa shape index (κ3) is 27.6. The Labute approximate surface area is 466 Å². The number of guanidine groups is 1. The number of nitrogens with one attached hydrogen (secondary N) is 8. The number of aliphatic imine (C=N–C) groups is 1. The number of rotatable bonds is 36. The van der Waals surface area contributed by atoms with E-state index >= 15 is 0 Å². The second kappa shape index (κ2) is 35.8. The molecule has 11 atom stereocenters. The van der Waals surface area contributed by atoms with Crippen LogP contribution < -0.4 is 69.9 Å². The van der Waals surface area contributed by atoms with Gasteiger partial charge in [0.2, 0.25) is 5.91 Å². The molecule has 0 saturated heterocycles.